The quantitative estimate of drug-likeness (QED) is 0.791. The van der Waals surface area contributed by atoms with E-state index in [9.17, 15) is 9.90 Å². The van der Waals surface area contributed by atoms with Crippen LogP contribution >= 0.6 is 0 Å². The van der Waals surface area contributed by atoms with E-state index < -0.39 is 0 Å². The van der Waals surface area contributed by atoms with Gasteiger partial charge in [0.2, 0.25) is 0 Å². The average Bonchev–Trinajstić information content (AvgIpc) is 2.52. The van der Waals surface area contributed by atoms with E-state index in [1.54, 1.807) is 19.2 Å². The third-order valence-electron chi connectivity index (χ3n) is 3.43. The monoisotopic (exact) mass is 284 g/mol. The second-order valence-corrected chi connectivity index (χ2v) is 4.97. The van der Waals surface area contributed by atoms with Gasteiger partial charge >= 0.3 is 0 Å². The number of phenols is 1. The fourth-order valence-electron chi connectivity index (χ4n) is 2.10. The molecule has 1 amide bonds. The largest absolute Gasteiger partial charge is 0.508 e. The van der Waals surface area contributed by atoms with Gasteiger partial charge in [0.25, 0.3) is 5.91 Å². The maximum Gasteiger partial charge on any atom is 0.251 e. The van der Waals surface area contributed by atoms with Crippen molar-refractivity contribution in [3.05, 3.63) is 65.2 Å². The Kier molecular flexibility index (Phi) is 4.95. The van der Waals surface area contributed by atoms with Gasteiger partial charge in [-0.15, -0.1) is 0 Å². The summed E-state index contributed by atoms with van der Waals surface area (Å²) in [6.45, 7) is 2.75. The van der Waals surface area contributed by atoms with E-state index in [4.69, 9.17) is 0 Å². The topological polar surface area (TPSA) is 61.4 Å². The molecule has 21 heavy (non-hydrogen) atoms. The lowest BCUT2D eigenvalue weighted by Gasteiger charge is -2.14. The highest BCUT2D eigenvalue weighted by Crippen LogP contribution is 2.18. The summed E-state index contributed by atoms with van der Waals surface area (Å²) >= 11 is 0. The molecule has 0 heterocycles. The van der Waals surface area contributed by atoms with Crippen molar-refractivity contribution >= 4 is 5.91 Å². The molecule has 4 heteroatoms. The Hall–Kier alpha value is -2.33. The van der Waals surface area contributed by atoms with Gasteiger partial charge in [-0.05, 0) is 42.3 Å². The number of carbonyl (C=O) groups is 1. The predicted octanol–water partition coefficient (Wildman–Crippen LogP) is 2.60. The lowest BCUT2D eigenvalue weighted by molar-refractivity contribution is 0.0963. The number of carbonyl (C=O) groups excluding carboxylic acids is 1. The minimum atomic E-state index is -0.0809. The molecule has 0 aromatic heterocycles. The molecule has 1 unspecified atom stereocenters. The van der Waals surface area contributed by atoms with Crippen LogP contribution in [0.1, 0.15) is 34.5 Å². The molecule has 4 nitrogen and oxygen atoms in total. The van der Waals surface area contributed by atoms with Crippen LogP contribution in [0.4, 0.5) is 0 Å². The molecular formula is C17H20N2O2. The van der Waals surface area contributed by atoms with Crippen molar-refractivity contribution in [2.45, 2.75) is 19.5 Å². The zero-order valence-corrected chi connectivity index (χ0v) is 12.3. The number of hydrogen-bond acceptors (Lipinski definition) is 3. The molecule has 2 aromatic rings. The number of hydrogen-bond donors (Lipinski definition) is 3. The molecule has 0 bridgehead atoms. The standard InChI is InChI=1S/C17H20N2O2/c1-12(15-4-3-5-16(20)10-15)19-11-13-6-8-14(9-7-13)17(21)18-2/h3-10,12,19-20H,11H2,1-2H3,(H,18,21). The van der Waals surface area contributed by atoms with Crippen molar-refractivity contribution in [2.24, 2.45) is 0 Å². The molecule has 0 aliphatic heterocycles. The van der Waals surface area contributed by atoms with E-state index in [-0.39, 0.29) is 17.7 Å². The second-order valence-electron chi connectivity index (χ2n) is 4.97. The maximum absolute atomic E-state index is 11.5. The molecule has 0 aliphatic carbocycles. The first-order valence-corrected chi connectivity index (χ1v) is 6.93. The van der Waals surface area contributed by atoms with E-state index >= 15 is 0 Å². The Bertz CT molecular complexity index is 608. The molecule has 0 radical (unpaired) electrons. The van der Waals surface area contributed by atoms with Crippen LogP contribution in [-0.2, 0) is 6.54 Å². The van der Waals surface area contributed by atoms with Crippen LogP contribution in [0.15, 0.2) is 48.5 Å². The Labute approximate surface area is 124 Å². The summed E-state index contributed by atoms with van der Waals surface area (Å²) in [5.41, 5.74) is 2.80. The molecule has 2 rings (SSSR count). The molecule has 0 aliphatic rings. The fourth-order valence-corrected chi connectivity index (χ4v) is 2.10. The van der Waals surface area contributed by atoms with Crippen LogP contribution in [0.5, 0.6) is 5.75 Å². The van der Waals surface area contributed by atoms with E-state index in [1.165, 1.54) is 0 Å². The highest BCUT2D eigenvalue weighted by molar-refractivity contribution is 5.93. The first-order chi connectivity index (χ1) is 10.1. The molecule has 0 saturated carbocycles. The van der Waals surface area contributed by atoms with Crippen LogP contribution in [0.25, 0.3) is 0 Å². The molecule has 0 saturated heterocycles. The van der Waals surface area contributed by atoms with Crippen molar-refractivity contribution in [2.75, 3.05) is 7.05 Å². The van der Waals surface area contributed by atoms with Crippen molar-refractivity contribution < 1.29 is 9.90 Å². The number of amides is 1. The summed E-state index contributed by atoms with van der Waals surface area (Å²) in [4.78, 5) is 11.5. The van der Waals surface area contributed by atoms with Gasteiger partial charge in [0.1, 0.15) is 5.75 Å². The normalized spacial score (nSPS) is 11.9. The maximum atomic E-state index is 11.5. The SMILES string of the molecule is CNC(=O)c1ccc(CNC(C)c2cccc(O)c2)cc1. The smallest absolute Gasteiger partial charge is 0.251 e. The van der Waals surface area contributed by atoms with Crippen molar-refractivity contribution in [1.29, 1.82) is 0 Å². The van der Waals surface area contributed by atoms with Crippen LogP contribution in [0, 0.1) is 0 Å². The molecule has 2 aromatic carbocycles. The minimum Gasteiger partial charge on any atom is -0.508 e. The van der Waals surface area contributed by atoms with Crippen LogP contribution in [-0.4, -0.2) is 18.1 Å². The average molecular weight is 284 g/mol. The molecule has 0 spiro atoms. The van der Waals surface area contributed by atoms with Gasteiger partial charge in [0.15, 0.2) is 0 Å². The van der Waals surface area contributed by atoms with Crippen molar-refractivity contribution in [3.8, 4) is 5.75 Å². The third kappa shape index (κ3) is 4.07. The lowest BCUT2D eigenvalue weighted by Crippen LogP contribution is -2.19. The first kappa shape index (κ1) is 15.1. The third-order valence-corrected chi connectivity index (χ3v) is 3.43. The lowest BCUT2D eigenvalue weighted by atomic mass is 10.1. The minimum absolute atomic E-state index is 0.0809. The summed E-state index contributed by atoms with van der Waals surface area (Å²) in [6, 6.07) is 14.9. The van der Waals surface area contributed by atoms with E-state index in [0.29, 0.717) is 12.1 Å². The summed E-state index contributed by atoms with van der Waals surface area (Å²) < 4.78 is 0. The van der Waals surface area contributed by atoms with Crippen LogP contribution in [0.3, 0.4) is 0 Å². The molecular weight excluding hydrogens is 264 g/mol. The van der Waals surface area contributed by atoms with Gasteiger partial charge in [0, 0.05) is 25.2 Å². The summed E-state index contributed by atoms with van der Waals surface area (Å²) in [5.74, 6) is 0.193. The predicted molar refractivity (Wildman–Crippen MR) is 83.2 cm³/mol. The number of aromatic hydroxyl groups is 1. The second kappa shape index (κ2) is 6.90. The van der Waals surface area contributed by atoms with Crippen LogP contribution < -0.4 is 10.6 Å². The van der Waals surface area contributed by atoms with Crippen LogP contribution in [0.2, 0.25) is 0 Å². The van der Waals surface area contributed by atoms with Gasteiger partial charge in [-0.1, -0.05) is 24.3 Å². The van der Waals surface area contributed by atoms with E-state index in [2.05, 4.69) is 10.6 Å². The highest BCUT2D eigenvalue weighted by atomic mass is 16.3. The summed E-state index contributed by atoms with van der Waals surface area (Å²) in [5, 5.41) is 15.5. The number of benzene rings is 2. The molecule has 3 N–H and O–H groups in total. The van der Waals surface area contributed by atoms with E-state index in [0.717, 1.165) is 11.1 Å². The van der Waals surface area contributed by atoms with Gasteiger partial charge < -0.3 is 15.7 Å². The fraction of sp³-hybridized carbons (Fsp3) is 0.235. The zero-order valence-electron chi connectivity index (χ0n) is 12.3. The number of phenolic OH excluding ortho intramolecular Hbond substituents is 1. The molecule has 1 atom stereocenters. The Morgan fingerprint density at radius 1 is 1.19 bits per heavy atom. The van der Waals surface area contributed by atoms with Crippen molar-refractivity contribution in [1.82, 2.24) is 10.6 Å². The Balaban J connectivity index is 1.95. The van der Waals surface area contributed by atoms with Gasteiger partial charge in [0.05, 0.1) is 0 Å². The Morgan fingerprint density at radius 2 is 1.90 bits per heavy atom. The molecule has 110 valence electrons. The number of nitrogens with one attached hydrogen (secondary N) is 2. The molecule has 0 fully saturated rings. The summed E-state index contributed by atoms with van der Waals surface area (Å²) in [6.07, 6.45) is 0. The van der Waals surface area contributed by atoms with E-state index in [1.807, 2.05) is 43.3 Å². The first-order valence-electron chi connectivity index (χ1n) is 6.93. The van der Waals surface area contributed by atoms with Gasteiger partial charge in [-0.2, -0.15) is 0 Å². The van der Waals surface area contributed by atoms with Crippen molar-refractivity contribution in [3.63, 3.8) is 0 Å². The Morgan fingerprint density at radius 3 is 2.52 bits per heavy atom. The van der Waals surface area contributed by atoms with Gasteiger partial charge in [-0.25, -0.2) is 0 Å². The van der Waals surface area contributed by atoms with Gasteiger partial charge in [-0.3, -0.25) is 4.79 Å². The summed E-state index contributed by atoms with van der Waals surface area (Å²) in [7, 11) is 1.62. The highest BCUT2D eigenvalue weighted by Gasteiger charge is 2.06. The number of rotatable bonds is 5. The zero-order chi connectivity index (χ0) is 15.2.